The molecule has 0 heterocycles. The van der Waals surface area contributed by atoms with Gasteiger partial charge in [-0.15, -0.1) is 0 Å². The Balaban J connectivity index is 3.37. The first-order valence-corrected chi connectivity index (χ1v) is 2.98. The van der Waals surface area contributed by atoms with Gasteiger partial charge in [0.05, 0.1) is 6.26 Å². The molecule has 0 aliphatic carbocycles. The second-order valence-corrected chi connectivity index (χ2v) is 1.55. The molecule has 1 N–H and O–H groups in total. The second-order valence-electron chi connectivity index (χ2n) is 1.55. The molecular weight excluding hydrogens is 132 g/mol. The quantitative estimate of drug-likeness (QED) is 0.373. The van der Waals surface area contributed by atoms with Crippen molar-refractivity contribution in [1.82, 2.24) is 0 Å². The first-order valence-electron chi connectivity index (χ1n) is 2.98. The van der Waals surface area contributed by atoms with Crippen LogP contribution in [-0.4, -0.2) is 11.3 Å². The molecule has 3 nitrogen and oxygen atoms in total. The molecule has 0 aliphatic heterocycles. The summed E-state index contributed by atoms with van der Waals surface area (Å²) in [5, 5.41) is 7.97. The van der Waals surface area contributed by atoms with Crippen LogP contribution in [0.1, 0.15) is 13.3 Å². The third kappa shape index (κ3) is 6.75. The molecule has 0 saturated heterocycles. The van der Waals surface area contributed by atoms with Crippen molar-refractivity contribution in [2.24, 2.45) is 0 Å². The Morgan fingerprint density at radius 3 is 2.80 bits per heavy atom. The van der Waals surface area contributed by atoms with Gasteiger partial charge in [0.25, 0.3) is 0 Å². The van der Waals surface area contributed by atoms with Crippen molar-refractivity contribution in [1.29, 1.82) is 0 Å². The molecule has 0 bridgehead atoms. The number of allylic oxidation sites excluding steroid dienone is 3. The number of rotatable bonds is 3. The van der Waals surface area contributed by atoms with Crippen LogP contribution >= 0.6 is 0 Å². The number of hydrogen-bond donors (Lipinski definition) is 1. The zero-order valence-electron chi connectivity index (χ0n) is 5.78. The largest absolute Gasteiger partial charge is 0.510 e. The van der Waals surface area contributed by atoms with Crippen LogP contribution in [0, 0.1) is 0 Å². The first-order chi connectivity index (χ1) is 4.77. The number of hydrogen-bond acceptors (Lipinski definition) is 2. The highest BCUT2D eigenvalue weighted by Crippen LogP contribution is 1.83. The van der Waals surface area contributed by atoms with E-state index in [1.807, 2.05) is 13.0 Å². The Morgan fingerprint density at radius 2 is 2.30 bits per heavy atom. The van der Waals surface area contributed by atoms with E-state index < -0.39 is 6.16 Å². The average molecular weight is 142 g/mol. The molecule has 0 saturated carbocycles. The summed E-state index contributed by atoms with van der Waals surface area (Å²) in [5.74, 6) is 0. The van der Waals surface area contributed by atoms with Crippen molar-refractivity contribution >= 4 is 6.16 Å². The van der Waals surface area contributed by atoms with Crippen LogP contribution in [0.15, 0.2) is 24.5 Å². The van der Waals surface area contributed by atoms with E-state index in [1.165, 1.54) is 6.08 Å². The van der Waals surface area contributed by atoms with Crippen LogP contribution in [0.5, 0.6) is 0 Å². The molecule has 0 fully saturated rings. The second kappa shape index (κ2) is 5.88. The summed E-state index contributed by atoms with van der Waals surface area (Å²) in [7, 11) is 0. The molecule has 0 aromatic heterocycles. The molecule has 0 rings (SSSR count). The van der Waals surface area contributed by atoms with Gasteiger partial charge in [0.15, 0.2) is 0 Å². The van der Waals surface area contributed by atoms with Crippen molar-refractivity contribution in [3.63, 3.8) is 0 Å². The molecule has 56 valence electrons. The number of carboxylic acid groups (broad SMARTS) is 1. The van der Waals surface area contributed by atoms with Gasteiger partial charge in [-0.25, -0.2) is 4.79 Å². The van der Waals surface area contributed by atoms with Gasteiger partial charge in [0.2, 0.25) is 0 Å². The van der Waals surface area contributed by atoms with Gasteiger partial charge in [0, 0.05) is 0 Å². The normalized spacial score (nSPS) is 10.9. The summed E-state index contributed by atoms with van der Waals surface area (Å²) in [6.07, 6.45) is 5.90. The lowest BCUT2D eigenvalue weighted by molar-refractivity contribution is 0.128. The topological polar surface area (TPSA) is 46.5 Å². The van der Waals surface area contributed by atoms with Gasteiger partial charge in [-0.3, -0.25) is 0 Å². The number of ether oxygens (including phenoxy) is 1. The molecule has 0 unspecified atom stereocenters. The lowest BCUT2D eigenvalue weighted by Crippen LogP contribution is -1.90. The maximum atomic E-state index is 9.73. The fourth-order valence-electron chi connectivity index (χ4n) is 0.358. The third-order valence-corrected chi connectivity index (χ3v) is 0.730. The van der Waals surface area contributed by atoms with Crippen molar-refractivity contribution in [3.05, 3.63) is 24.5 Å². The monoisotopic (exact) mass is 142 g/mol. The predicted molar refractivity (Wildman–Crippen MR) is 37.7 cm³/mol. The molecule has 0 aromatic rings. The minimum absolute atomic E-state index is 0.928. The zero-order valence-corrected chi connectivity index (χ0v) is 5.78. The minimum atomic E-state index is -1.29. The lowest BCUT2D eigenvalue weighted by Gasteiger charge is -1.84. The summed E-state index contributed by atoms with van der Waals surface area (Å²) in [6.45, 7) is 1.99. The minimum Gasteiger partial charge on any atom is -0.449 e. The molecule has 10 heavy (non-hydrogen) atoms. The molecule has 0 aliphatic rings. The maximum Gasteiger partial charge on any atom is 0.510 e. The summed E-state index contributed by atoms with van der Waals surface area (Å²) >= 11 is 0. The van der Waals surface area contributed by atoms with Crippen LogP contribution in [-0.2, 0) is 4.74 Å². The van der Waals surface area contributed by atoms with Gasteiger partial charge < -0.3 is 9.84 Å². The van der Waals surface area contributed by atoms with Crippen molar-refractivity contribution in [2.45, 2.75) is 13.3 Å². The van der Waals surface area contributed by atoms with Crippen molar-refractivity contribution in [2.75, 3.05) is 0 Å². The predicted octanol–water partition coefficient (Wildman–Crippen LogP) is 2.16. The van der Waals surface area contributed by atoms with Crippen molar-refractivity contribution in [3.8, 4) is 0 Å². The number of carbonyl (C=O) groups is 1. The van der Waals surface area contributed by atoms with E-state index in [0.29, 0.717) is 0 Å². The smallest absolute Gasteiger partial charge is 0.449 e. The Kier molecular flexibility index (Phi) is 5.14. The standard InChI is InChI=1S/C7H10O3/c1-2-3-4-5-6-10-7(8)9/h3-6H,2H2,1H3,(H,8,9). The lowest BCUT2D eigenvalue weighted by atomic mass is 10.4. The van der Waals surface area contributed by atoms with Gasteiger partial charge in [-0.2, -0.15) is 0 Å². The fraction of sp³-hybridized carbons (Fsp3) is 0.286. The molecule has 3 heteroatoms. The summed E-state index contributed by atoms with van der Waals surface area (Å²) < 4.78 is 4.07. The van der Waals surface area contributed by atoms with Crippen molar-refractivity contribution < 1.29 is 14.6 Å². The van der Waals surface area contributed by atoms with E-state index in [4.69, 9.17) is 5.11 Å². The summed E-state index contributed by atoms with van der Waals surface area (Å²) in [5.41, 5.74) is 0. The van der Waals surface area contributed by atoms with Crippen LogP contribution in [0.3, 0.4) is 0 Å². The first kappa shape index (κ1) is 8.75. The van der Waals surface area contributed by atoms with Crippen LogP contribution in [0.25, 0.3) is 0 Å². The maximum absolute atomic E-state index is 9.73. The van der Waals surface area contributed by atoms with E-state index in [0.717, 1.165) is 12.7 Å². The Labute approximate surface area is 59.6 Å². The SMILES string of the molecule is CCC=CC=COC(=O)O. The summed E-state index contributed by atoms with van der Waals surface area (Å²) in [6, 6.07) is 0. The van der Waals surface area contributed by atoms with Gasteiger partial charge >= 0.3 is 6.16 Å². The Hall–Kier alpha value is -1.25. The summed E-state index contributed by atoms with van der Waals surface area (Å²) in [4.78, 5) is 9.73. The van der Waals surface area contributed by atoms with Crippen LogP contribution in [0.2, 0.25) is 0 Å². The third-order valence-electron chi connectivity index (χ3n) is 0.730. The molecule has 0 amide bonds. The fourth-order valence-corrected chi connectivity index (χ4v) is 0.358. The highest BCUT2D eigenvalue weighted by atomic mass is 16.7. The highest BCUT2D eigenvalue weighted by molar-refractivity contribution is 5.57. The average Bonchev–Trinajstić information content (AvgIpc) is 1.87. The Bertz CT molecular complexity index is 147. The van der Waals surface area contributed by atoms with E-state index in [-0.39, 0.29) is 0 Å². The van der Waals surface area contributed by atoms with Crippen LogP contribution < -0.4 is 0 Å². The van der Waals surface area contributed by atoms with Gasteiger partial charge in [0.1, 0.15) is 0 Å². The zero-order chi connectivity index (χ0) is 7.82. The highest BCUT2D eigenvalue weighted by Gasteiger charge is 1.85. The molecule has 0 radical (unpaired) electrons. The molecular formula is C7H10O3. The molecule has 0 spiro atoms. The van der Waals surface area contributed by atoms with E-state index in [9.17, 15) is 4.79 Å². The van der Waals surface area contributed by atoms with Crippen LogP contribution in [0.4, 0.5) is 4.79 Å². The van der Waals surface area contributed by atoms with E-state index in [1.54, 1.807) is 6.08 Å². The Morgan fingerprint density at radius 1 is 1.60 bits per heavy atom. The van der Waals surface area contributed by atoms with Gasteiger partial charge in [-0.05, 0) is 12.5 Å². The van der Waals surface area contributed by atoms with E-state index >= 15 is 0 Å². The van der Waals surface area contributed by atoms with E-state index in [2.05, 4.69) is 4.74 Å². The molecule has 0 atom stereocenters. The van der Waals surface area contributed by atoms with Gasteiger partial charge in [-0.1, -0.05) is 19.1 Å². The molecule has 0 aromatic carbocycles.